The van der Waals surface area contributed by atoms with Gasteiger partial charge in [-0.1, -0.05) is 41.9 Å². The molecule has 0 amide bonds. The van der Waals surface area contributed by atoms with E-state index in [0.717, 1.165) is 22.0 Å². The first-order valence-corrected chi connectivity index (χ1v) is 6.03. The molecule has 0 unspecified atom stereocenters. The van der Waals surface area contributed by atoms with Gasteiger partial charge in [0.2, 0.25) is 0 Å². The van der Waals surface area contributed by atoms with Gasteiger partial charge in [0.1, 0.15) is 5.82 Å². The van der Waals surface area contributed by atoms with Gasteiger partial charge in [0, 0.05) is 10.4 Å². The van der Waals surface area contributed by atoms with Crippen LogP contribution in [0.2, 0.25) is 5.02 Å². The van der Waals surface area contributed by atoms with Crippen molar-refractivity contribution in [3.63, 3.8) is 0 Å². The minimum absolute atomic E-state index is 0.517. The Labute approximate surface area is 110 Å². The molecule has 0 aliphatic carbocycles. The Morgan fingerprint density at radius 3 is 2.50 bits per heavy atom. The molecule has 3 heteroatoms. The SMILES string of the molecule is Nc1cc(-c2ccccc2)c2cc(Cl)ccc2n1. The summed E-state index contributed by atoms with van der Waals surface area (Å²) in [5.74, 6) is 0.517. The lowest BCUT2D eigenvalue weighted by molar-refractivity contribution is 1.41. The second-order valence-electron chi connectivity index (χ2n) is 4.12. The van der Waals surface area contributed by atoms with Crippen molar-refractivity contribution in [2.75, 3.05) is 5.73 Å². The number of aromatic nitrogens is 1. The van der Waals surface area contributed by atoms with Gasteiger partial charge in [-0.25, -0.2) is 4.98 Å². The maximum atomic E-state index is 6.06. The van der Waals surface area contributed by atoms with E-state index < -0.39 is 0 Å². The van der Waals surface area contributed by atoms with Gasteiger partial charge in [0.25, 0.3) is 0 Å². The van der Waals surface area contributed by atoms with Crippen LogP contribution in [0.15, 0.2) is 54.6 Å². The predicted molar refractivity (Wildman–Crippen MR) is 76.6 cm³/mol. The summed E-state index contributed by atoms with van der Waals surface area (Å²) in [4.78, 5) is 4.32. The van der Waals surface area contributed by atoms with Crippen molar-refractivity contribution in [1.29, 1.82) is 0 Å². The van der Waals surface area contributed by atoms with Crippen LogP contribution in [0.4, 0.5) is 5.82 Å². The molecular weight excluding hydrogens is 244 g/mol. The van der Waals surface area contributed by atoms with E-state index in [4.69, 9.17) is 17.3 Å². The number of rotatable bonds is 1. The Morgan fingerprint density at radius 1 is 0.944 bits per heavy atom. The molecule has 0 radical (unpaired) electrons. The topological polar surface area (TPSA) is 38.9 Å². The molecule has 0 spiro atoms. The number of halogens is 1. The number of benzene rings is 2. The zero-order chi connectivity index (χ0) is 12.5. The molecule has 2 N–H and O–H groups in total. The van der Waals surface area contributed by atoms with Crippen molar-refractivity contribution in [3.8, 4) is 11.1 Å². The number of nitrogen functional groups attached to an aromatic ring is 1. The van der Waals surface area contributed by atoms with Crippen LogP contribution in [0, 0.1) is 0 Å². The van der Waals surface area contributed by atoms with Crippen molar-refractivity contribution in [2.24, 2.45) is 0 Å². The van der Waals surface area contributed by atoms with Crippen LogP contribution in [0.1, 0.15) is 0 Å². The Hall–Kier alpha value is -2.06. The molecule has 0 bridgehead atoms. The Bertz CT molecular complexity index is 708. The lowest BCUT2D eigenvalue weighted by Gasteiger charge is -2.08. The average molecular weight is 255 g/mol. The number of anilines is 1. The van der Waals surface area contributed by atoms with Crippen molar-refractivity contribution in [1.82, 2.24) is 4.98 Å². The Morgan fingerprint density at radius 2 is 1.72 bits per heavy atom. The molecule has 1 aromatic heterocycles. The standard InChI is InChI=1S/C15H11ClN2/c16-11-6-7-14-13(8-11)12(9-15(17)18-14)10-4-2-1-3-5-10/h1-9H,(H2,17,18). The molecule has 3 aromatic rings. The minimum atomic E-state index is 0.517. The van der Waals surface area contributed by atoms with Crippen LogP contribution in [-0.4, -0.2) is 4.98 Å². The van der Waals surface area contributed by atoms with E-state index in [9.17, 15) is 0 Å². The lowest BCUT2D eigenvalue weighted by atomic mass is 10.0. The van der Waals surface area contributed by atoms with E-state index in [0.29, 0.717) is 10.8 Å². The van der Waals surface area contributed by atoms with E-state index in [1.54, 1.807) is 0 Å². The summed E-state index contributed by atoms with van der Waals surface area (Å²) in [6, 6.07) is 17.6. The number of fused-ring (bicyclic) bond motifs is 1. The molecule has 1 heterocycles. The highest BCUT2D eigenvalue weighted by Crippen LogP contribution is 2.30. The minimum Gasteiger partial charge on any atom is -0.384 e. The van der Waals surface area contributed by atoms with Gasteiger partial charge in [-0.05, 0) is 35.4 Å². The van der Waals surface area contributed by atoms with Crippen molar-refractivity contribution < 1.29 is 0 Å². The van der Waals surface area contributed by atoms with E-state index in [1.165, 1.54) is 0 Å². The summed E-state index contributed by atoms with van der Waals surface area (Å²) >= 11 is 6.06. The molecule has 0 fully saturated rings. The molecule has 18 heavy (non-hydrogen) atoms. The van der Waals surface area contributed by atoms with Crippen LogP contribution in [0.3, 0.4) is 0 Å². The molecule has 0 aliphatic heterocycles. The molecule has 88 valence electrons. The maximum absolute atomic E-state index is 6.06. The summed E-state index contributed by atoms with van der Waals surface area (Å²) < 4.78 is 0. The average Bonchev–Trinajstić information content (AvgIpc) is 2.39. The molecule has 0 atom stereocenters. The fourth-order valence-electron chi connectivity index (χ4n) is 2.08. The van der Waals surface area contributed by atoms with Crippen LogP contribution in [0.25, 0.3) is 22.0 Å². The molecular formula is C15H11ClN2. The van der Waals surface area contributed by atoms with E-state index in [-0.39, 0.29) is 0 Å². The second kappa shape index (κ2) is 4.31. The van der Waals surface area contributed by atoms with Crippen molar-refractivity contribution >= 4 is 28.3 Å². The second-order valence-corrected chi connectivity index (χ2v) is 4.56. The third-order valence-electron chi connectivity index (χ3n) is 2.88. The van der Waals surface area contributed by atoms with E-state index in [2.05, 4.69) is 17.1 Å². The normalized spacial score (nSPS) is 10.7. The van der Waals surface area contributed by atoms with Crippen LogP contribution in [-0.2, 0) is 0 Å². The van der Waals surface area contributed by atoms with Gasteiger partial charge >= 0.3 is 0 Å². The van der Waals surface area contributed by atoms with Gasteiger partial charge < -0.3 is 5.73 Å². The van der Waals surface area contributed by atoms with Crippen molar-refractivity contribution in [3.05, 3.63) is 59.6 Å². The van der Waals surface area contributed by atoms with E-state index in [1.807, 2.05) is 42.5 Å². The summed E-state index contributed by atoms with van der Waals surface area (Å²) in [5, 5.41) is 1.72. The maximum Gasteiger partial charge on any atom is 0.124 e. The summed E-state index contributed by atoms with van der Waals surface area (Å²) in [7, 11) is 0. The molecule has 0 saturated carbocycles. The monoisotopic (exact) mass is 254 g/mol. The summed E-state index contributed by atoms with van der Waals surface area (Å²) in [6.45, 7) is 0. The predicted octanol–water partition coefficient (Wildman–Crippen LogP) is 4.14. The quantitative estimate of drug-likeness (QED) is 0.709. The van der Waals surface area contributed by atoms with Gasteiger partial charge in [-0.15, -0.1) is 0 Å². The molecule has 0 saturated heterocycles. The largest absolute Gasteiger partial charge is 0.384 e. The summed E-state index contributed by atoms with van der Waals surface area (Å²) in [5.41, 5.74) is 8.88. The fraction of sp³-hybridized carbons (Fsp3) is 0. The lowest BCUT2D eigenvalue weighted by Crippen LogP contribution is -1.92. The Balaban J connectivity index is 2.37. The first-order chi connectivity index (χ1) is 8.74. The van der Waals surface area contributed by atoms with Crippen LogP contribution in [0.5, 0.6) is 0 Å². The van der Waals surface area contributed by atoms with Gasteiger partial charge in [-0.2, -0.15) is 0 Å². The van der Waals surface area contributed by atoms with Crippen LogP contribution >= 0.6 is 11.6 Å². The molecule has 0 aliphatic rings. The third kappa shape index (κ3) is 1.91. The highest BCUT2D eigenvalue weighted by Gasteiger charge is 2.06. The number of nitrogens with two attached hydrogens (primary N) is 1. The highest BCUT2D eigenvalue weighted by molar-refractivity contribution is 6.31. The zero-order valence-electron chi connectivity index (χ0n) is 9.60. The number of hydrogen-bond acceptors (Lipinski definition) is 2. The van der Waals surface area contributed by atoms with Gasteiger partial charge in [0.15, 0.2) is 0 Å². The van der Waals surface area contributed by atoms with Gasteiger partial charge in [-0.3, -0.25) is 0 Å². The van der Waals surface area contributed by atoms with Crippen molar-refractivity contribution in [2.45, 2.75) is 0 Å². The van der Waals surface area contributed by atoms with Crippen LogP contribution < -0.4 is 5.73 Å². The summed E-state index contributed by atoms with van der Waals surface area (Å²) in [6.07, 6.45) is 0. The fourth-order valence-corrected chi connectivity index (χ4v) is 2.25. The zero-order valence-corrected chi connectivity index (χ0v) is 10.4. The number of hydrogen-bond donors (Lipinski definition) is 1. The number of nitrogens with zero attached hydrogens (tertiary/aromatic N) is 1. The smallest absolute Gasteiger partial charge is 0.124 e. The highest BCUT2D eigenvalue weighted by atomic mass is 35.5. The Kier molecular flexibility index (Phi) is 2.65. The van der Waals surface area contributed by atoms with Gasteiger partial charge in [0.05, 0.1) is 5.52 Å². The first-order valence-electron chi connectivity index (χ1n) is 5.65. The number of pyridine rings is 1. The molecule has 2 aromatic carbocycles. The molecule has 3 rings (SSSR count). The van der Waals surface area contributed by atoms with E-state index >= 15 is 0 Å². The molecule has 2 nitrogen and oxygen atoms in total. The first kappa shape index (κ1) is 11.1. The third-order valence-corrected chi connectivity index (χ3v) is 3.11.